The molecule has 0 unspecified atom stereocenters. The van der Waals surface area contributed by atoms with Gasteiger partial charge in [0.2, 0.25) is 0 Å². The molecule has 1 heterocycles. The van der Waals surface area contributed by atoms with Crippen molar-refractivity contribution in [2.45, 2.75) is 18.4 Å². The number of allylic oxidation sites excluding steroid dienone is 2. The zero-order valence-electron chi connectivity index (χ0n) is 12.9. The Kier molecular flexibility index (Phi) is 4.14. The Labute approximate surface area is 159 Å². The van der Waals surface area contributed by atoms with Gasteiger partial charge < -0.3 is 5.32 Å². The molecule has 25 heavy (non-hydrogen) atoms. The molecule has 0 bridgehead atoms. The van der Waals surface area contributed by atoms with Crippen LogP contribution in [0.25, 0.3) is 0 Å². The number of nitrogens with zero attached hydrogens (tertiary/aromatic N) is 1. The van der Waals surface area contributed by atoms with Crippen LogP contribution < -0.4 is 5.32 Å². The number of hydrogen-bond acceptors (Lipinski definition) is 3. The SMILES string of the molecule is O=[N+]([O-])c1cc(Cl)c2c(c1)[C@@H]1C=CC[C@@H]1[C@@H](c1cccc(Cl)c1Cl)N2. The predicted octanol–water partition coefficient (Wildman–Crippen LogP) is 6.38. The smallest absolute Gasteiger partial charge is 0.271 e. The molecule has 4 nitrogen and oxygen atoms in total. The number of nitrogens with one attached hydrogen (secondary N) is 1. The normalized spacial score (nSPS) is 23.7. The van der Waals surface area contributed by atoms with Crippen molar-refractivity contribution in [3.8, 4) is 0 Å². The van der Waals surface area contributed by atoms with Gasteiger partial charge in [-0.25, -0.2) is 0 Å². The van der Waals surface area contributed by atoms with E-state index in [9.17, 15) is 10.1 Å². The van der Waals surface area contributed by atoms with Crippen LogP contribution in [0.3, 0.4) is 0 Å². The van der Waals surface area contributed by atoms with E-state index in [1.807, 2.05) is 12.1 Å². The van der Waals surface area contributed by atoms with Gasteiger partial charge >= 0.3 is 0 Å². The van der Waals surface area contributed by atoms with Crippen molar-refractivity contribution in [2.24, 2.45) is 5.92 Å². The van der Waals surface area contributed by atoms with Gasteiger partial charge in [-0.15, -0.1) is 0 Å². The van der Waals surface area contributed by atoms with Gasteiger partial charge in [0.05, 0.1) is 31.7 Å². The van der Waals surface area contributed by atoms with E-state index in [1.165, 1.54) is 6.07 Å². The fourth-order valence-electron chi connectivity index (χ4n) is 3.81. The van der Waals surface area contributed by atoms with Crippen LogP contribution in [0, 0.1) is 16.0 Å². The molecule has 3 atom stereocenters. The van der Waals surface area contributed by atoms with Gasteiger partial charge in [-0.3, -0.25) is 10.1 Å². The molecule has 1 aliphatic carbocycles. The Bertz CT molecular complexity index is 913. The highest BCUT2D eigenvalue weighted by atomic mass is 35.5. The van der Waals surface area contributed by atoms with Gasteiger partial charge in [-0.1, -0.05) is 59.1 Å². The van der Waals surface area contributed by atoms with Gasteiger partial charge in [0.25, 0.3) is 5.69 Å². The maximum absolute atomic E-state index is 11.2. The topological polar surface area (TPSA) is 55.2 Å². The second-order valence-corrected chi connectivity index (χ2v) is 7.46. The summed E-state index contributed by atoms with van der Waals surface area (Å²) in [6.45, 7) is 0. The van der Waals surface area contributed by atoms with Crippen molar-refractivity contribution >= 4 is 46.2 Å². The minimum absolute atomic E-state index is 0.00355. The largest absolute Gasteiger partial charge is 0.376 e. The van der Waals surface area contributed by atoms with Crippen LogP contribution in [0.15, 0.2) is 42.5 Å². The second-order valence-electron chi connectivity index (χ2n) is 6.27. The first-order chi connectivity index (χ1) is 12.0. The summed E-state index contributed by atoms with van der Waals surface area (Å²) in [6.07, 6.45) is 5.05. The molecule has 0 saturated heterocycles. The van der Waals surface area contributed by atoms with E-state index >= 15 is 0 Å². The zero-order chi connectivity index (χ0) is 17.7. The van der Waals surface area contributed by atoms with Crippen LogP contribution >= 0.6 is 34.8 Å². The van der Waals surface area contributed by atoms with Crippen LogP contribution in [0.1, 0.15) is 29.5 Å². The summed E-state index contributed by atoms with van der Waals surface area (Å²) >= 11 is 19.0. The predicted molar refractivity (Wildman–Crippen MR) is 101 cm³/mol. The number of halogens is 3. The number of rotatable bonds is 2. The van der Waals surface area contributed by atoms with Crippen molar-refractivity contribution in [2.75, 3.05) is 5.32 Å². The first-order valence-electron chi connectivity index (χ1n) is 7.82. The van der Waals surface area contributed by atoms with Gasteiger partial charge in [-0.2, -0.15) is 0 Å². The monoisotopic (exact) mass is 394 g/mol. The highest BCUT2D eigenvalue weighted by Crippen LogP contribution is 2.53. The Balaban J connectivity index is 1.86. The molecule has 0 fully saturated rings. The molecule has 2 aromatic rings. The highest BCUT2D eigenvalue weighted by Gasteiger charge is 2.40. The van der Waals surface area contributed by atoms with Gasteiger partial charge in [0.1, 0.15) is 0 Å². The third kappa shape index (κ3) is 2.69. The van der Waals surface area contributed by atoms with Crippen LogP contribution in [-0.2, 0) is 0 Å². The highest BCUT2D eigenvalue weighted by molar-refractivity contribution is 6.42. The van der Waals surface area contributed by atoms with Crippen molar-refractivity contribution in [1.82, 2.24) is 0 Å². The lowest BCUT2D eigenvalue weighted by molar-refractivity contribution is -0.384. The van der Waals surface area contributed by atoms with Crippen molar-refractivity contribution in [1.29, 1.82) is 0 Å². The summed E-state index contributed by atoms with van der Waals surface area (Å²) in [7, 11) is 0. The molecule has 1 aliphatic heterocycles. The maximum Gasteiger partial charge on any atom is 0.271 e. The van der Waals surface area contributed by atoms with E-state index in [4.69, 9.17) is 34.8 Å². The molecule has 128 valence electrons. The molecule has 4 rings (SSSR count). The fraction of sp³-hybridized carbons (Fsp3) is 0.222. The first-order valence-corrected chi connectivity index (χ1v) is 8.95. The van der Waals surface area contributed by atoms with E-state index in [1.54, 1.807) is 12.1 Å². The van der Waals surface area contributed by atoms with E-state index in [2.05, 4.69) is 17.5 Å². The number of nitro benzene ring substituents is 1. The summed E-state index contributed by atoms with van der Waals surface area (Å²) < 4.78 is 0. The molecule has 2 aromatic carbocycles. The number of benzene rings is 2. The number of anilines is 1. The van der Waals surface area contributed by atoms with Crippen LogP contribution in [0.5, 0.6) is 0 Å². The summed E-state index contributed by atoms with van der Waals surface area (Å²) in [5.41, 5.74) is 2.49. The number of fused-ring (bicyclic) bond motifs is 3. The van der Waals surface area contributed by atoms with E-state index < -0.39 is 4.92 Å². The van der Waals surface area contributed by atoms with Crippen molar-refractivity contribution < 1.29 is 4.92 Å². The van der Waals surface area contributed by atoms with Crippen molar-refractivity contribution in [3.05, 3.63) is 78.8 Å². The molecule has 0 aromatic heterocycles. The standard InChI is InChI=1S/C18H13Cl3N2O2/c19-14-6-2-5-12(16(14)21)17-11-4-1-3-10(11)13-7-9(23(24)25)8-15(20)18(13)22-17/h1-3,5-8,10-11,17,22H,4H2/t10-,11+,17+/m1/s1. The van der Waals surface area contributed by atoms with E-state index in [-0.39, 0.29) is 23.6 Å². The van der Waals surface area contributed by atoms with Crippen LogP contribution in [0.2, 0.25) is 15.1 Å². The Morgan fingerprint density at radius 2 is 1.92 bits per heavy atom. The molecule has 0 saturated carbocycles. The van der Waals surface area contributed by atoms with Crippen LogP contribution in [-0.4, -0.2) is 4.92 Å². The molecule has 0 radical (unpaired) electrons. The zero-order valence-corrected chi connectivity index (χ0v) is 15.1. The first kappa shape index (κ1) is 16.7. The summed E-state index contributed by atoms with van der Waals surface area (Å²) in [6, 6.07) is 8.49. The third-order valence-corrected chi connectivity index (χ3v) is 6.06. The third-order valence-electron chi connectivity index (χ3n) is 4.93. The molecule has 0 spiro atoms. The Morgan fingerprint density at radius 1 is 1.12 bits per heavy atom. The maximum atomic E-state index is 11.2. The van der Waals surface area contributed by atoms with E-state index in [0.717, 1.165) is 23.2 Å². The summed E-state index contributed by atoms with van der Waals surface area (Å²) in [4.78, 5) is 10.8. The molecular formula is C18H13Cl3N2O2. The average Bonchev–Trinajstić information content (AvgIpc) is 3.07. The molecule has 2 aliphatic rings. The number of nitro groups is 1. The lowest BCUT2D eigenvalue weighted by Crippen LogP contribution is -2.29. The Morgan fingerprint density at radius 3 is 2.68 bits per heavy atom. The van der Waals surface area contributed by atoms with Gasteiger partial charge in [-0.05, 0) is 29.5 Å². The molecular weight excluding hydrogens is 383 g/mol. The van der Waals surface area contributed by atoms with E-state index in [0.29, 0.717) is 15.1 Å². The summed E-state index contributed by atoms with van der Waals surface area (Å²) in [5, 5.41) is 16.0. The van der Waals surface area contributed by atoms with Gasteiger partial charge in [0, 0.05) is 18.1 Å². The summed E-state index contributed by atoms with van der Waals surface area (Å²) in [5.74, 6) is 0.246. The lowest BCUT2D eigenvalue weighted by Gasteiger charge is -2.38. The van der Waals surface area contributed by atoms with Gasteiger partial charge in [0.15, 0.2) is 0 Å². The molecule has 1 N–H and O–H groups in total. The Hall–Kier alpha value is -1.75. The van der Waals surface area contributed by atoms with Crippen molar-refractivity contribution in [3.63, 3.8) is 0 Å². The second kappa shape index (κ2) is 6.20. The fourth-order valence-corrected chi connectivity index (χ4v) is 4.52. The minimum Gasteiger partial charge on any atom is -0.376 e. The average molecular weight is 396 g/mol. The minimum atomic E-state index is -0.417. The number of non-ortho nitro benzene ring substituents is 1. The lowest BCUT2D eigenvalue weighted by atomic mass is 9.77. The number of hydrogen-bond donors (Lipinski definition) is 1. The molecule has 7 heteroatoms. The van der Waals surface area contributed by atoms with Crippen LogP contribution in [0.4, 0.5) is 11.4 Å². The molecule has 0 amide bonds. The quantitative estimate of drug-likeness (QED) is 0.364.